The van der Waals surface area contributed by atoms with E-state index in [0.29, 0.717) is 0 Å². The van der Waals surface area contributed by atoms with Crippen molar-refractivity contribution in [1.29, 1.82) is 0 Å². The van der Waals surface area contributed by atoms with Crippen molar-refractivity contribution in [3.05, 3.63) is 65.5 Å². The Morgan fingerprint density at radius 1 is 1.12 bits per heavy atom. The van der Waals surface area contributed by atoms with Crippen molar-refractivity contribution in [2.75, 3.05) is 7.11 Å². The molecule has 0 aliphatic rings. The summed E-state index contributed by atoms with van der Waals surface area (Å²) in [5.74, 6) is -1.66. The summed E-state index contributed by atoms with van der Waals surface area (Å²) < 4.78 is 44.1. The smallest absolute Gasteiger partial charge is 0.412 e. The number of aromatic nitrogens is 1. The number of rotatable bonds is 4. The third-order valence-corrected chi connectivity index (χ3v) is 3.15. The summed E-state index contributed by atoms with van der Waals surface area (Å²) in [6, 6.07) is 7.25. The van der Waals surface area contributed by atoms with Crippen LogP contribution in [0.3, 0.4) is 0 Å². The first-order valence-electron chi connectivity index (χ1n) is 6.80. The van der Waals surface area contributed by atoms with E-state index in [2.05, 4.69) is 9.72 Å². The lowest BCUT2D eigenvalue weighted by molar-refractivity contribution is -0.155. The number of halogens is 3. The molecule has 0 saturated heterocycles. The fraction of sp³-hybridized carbons (Fsp3) is 0.188. The maximum absolute atomic E-state index is 13.2. The van der Waals surface area contributed by atoms with Crippen LogP contribution in [0.1, 0.15) is 32.5 Å². The molecule has 1 aromatic carbocycles. The Labute approximate surface area is 135 Å². The van der Waals surface area contributed by atoms with Crippen LogP contribution in [0.25, 0.3) is 0 Å². The first kappa shape index (κ1) is 17.5. The van der Waals surface area contributed by atoms with E-state index in [1.165, 1.54) is 37.4 Å². The van der Waals surface area contributed by atoms with Gasteiger partial charge in [0.25, 0.3) is 5.91 Å². The number of nitrogens with zero attached hydrogens (tertiary/aromatic N) is 1. The van der Waals surface area contributed by atoms with E-state index in [0.717, 1.165) is 12.3 Å². The van der Waals surface area contributed by atoms with Gasteiger partial charge < -0.3 is 10.1 Å². The predicted molar refractivity (Wildman–Crippen MR) is 78.3 cm³/mol. The molecule has 0 spiro atoms. The highest BCUT2D eigenvalue weighted by molar-refractivity contribution is 5.94. The van der Waals surface area contributed by atoms with Crippen LogP contribution in [0.4, 0.5) is 13.2 Å². The predicted octanol–water partition coefficient (Wildman–Crippen LogP) is 2.90. The van der Waals surface area contributed by atoms with Crippen molar-refractivity contribution in [3.63, 3.8) is 0 Å². The van der Waals surface area contributed by atoms with E-state index < -0.39 is 24.1 Å². The monoisotopic (exact) mass is 338 g/mol. The zero-order valence-corrected chi connectivity index (χ0v) is 12.5. The lowest BCUT2D eigenvalue weighted by Crippen LogP contribution is -2.38. The molecule has 1 aromatic heterocycles. The van der Waals surface area contributed by atoms with Crippen LogP contribution in [0.5, 0.6) is 0 Å². The molecule has 1 N–H and O–H groups in total. The van der Waals surface area contributed by atoms with Crippen molar-refractivity contribution >= 4 is 11.9 Å². The lowest BCUT2D eigenvalue weighted by atomic mass is 10.1. The number of nitrogens with one attached hydrogen (secondary N) is 1. The number of esters is 1. The molecule has 5 nitrogen and oxygen atoms in total. The highest BCUT2D eigenvalue weighted by Gasteiger charge is 2.42. The van der Waals surface area contributed by atoms with Gasteiger partial charge in [-0.2, -0.15) is 13.2 Å². The summed E-state index contributed by atoms with van der Waals surface area (Å²) in [6.07, 6.45) is -3.60. The molecule has 126 valence electrons. The number of benzene rings is 1. The van der Waals surface area contributed by atoms with Crippen molar-refractivity contribution in [1.82, 2.24) is 10.3 Å². The van der Waals surface area contributed by atoms with Crippen LogP contribution in [0, 0.1) is 0 Å². The van der Waals surface area contributed by atoms with Crippen LogP contribution >= 0.6 is 0 Å². The zero-order chi connectivity index (χ0) is 17.7. The second-order valence-corrected chi connectivity index (χ2v) is 4.78. The molecule has 1 heterocycles. The third kappa shape index (κ3) is 4.09. The van der Waals surface area contributed by atoms with Gasteiger partial charge in [0.15, 0.2) is 6.04 Å². The van der Waals surface area contributed by atoms with Gasteiger partial charge in [0.05, 0.1) is 12.7 Å². The van der Waals surface area contributed by atoms with Crippen LogP contribution in [0.2, 0.25) is 0 Å². The molecule has 0 radical (unpaired) electrons. The van der Waals surface area contributed by atoms with Crippen LogP contribution in [0.15, 0.2) is 48.7 Å². The summed E-state index contributed by atoms with van der Waals surface area (Å²) >= 11 is 0. The van der Waals surface area contributed by atoms with Gasteiger partial charge in [-0.15, -0.1) is 0 Å². The minimum absolute atomic E-state index is 0.0875. The number of hydrogen-bond donors (Lipinski definition) is 1. The van der Waals surface area contributed by atoms with Gasteiger partial charge in [-0.25, -0.2) is 4.79 Å². The first-order chi connectivity index (χ1) is 11.3. The van der Waals surface area contributed by atoms with Gasteiger partial charge in [-0.1, -0.05) is 30.3 Å². The standard InChI is InChI=1S/C16H13F3N2O3/c1-24-15(23)11-7-8-12(20-9-11)14(22)21-13(16(17,18)19)10-5-3-2-4-6-10/h2-9,13H,1H3,(H,21,22)/t13-/m1/s1. The van der Waals surface area contributed by atoms with Gasteiger partial charge in [0.2, 0.25) is 0 Å². The van der Waals surface area contributed by atoms with Crippen molar-refractivity contribution in [2.45, 2.75) is 12.2 Å². The maximum Gasteiger partial charge on any atom is 0.412 e. The van der Waals surface area contributed by atoms with Crippen molar-refractivity contribution in [3.8, 4) is 0 Å². The number of hydrogen-bond acceptors (Lipinski definition) is 4. The molecule has 24 heavy (non-hydrogen) atoms. The summed E-state index contributed by atoms with van der Waals surface area (Å²) in [7, 11) is 1.18. The fourth-order valence-corrected chi connectivity index (χ4v) is 1.97. The minimum atomic E-state index is -4.66. The fourth-order valence-electron chi connectivity index (χ4n) is 1.97. The van der Waals surface area contributed by atoms with E-state index in [1.807, 2.05) is 5.32 Å². The molecule has 0 aliphatic carbocycles. The number of pyridine rings is 1. The summed E-state index contributed by atoms with van der Waals surface area (Å²) in [4.78, 5) is 27.0. The Bertz CT molecular complexity index is 716. The molecule has 0 fully saturated rings. The number of ether oxygens (including phenoxy) is 1. The number of carbonyl (C=O) groups excluding carboxylic acids is 2. The van der Waals surface area contributed by atoms with Crippen LogP contribution in [-0.4, -0.2) is 30.1 Å². The average molecular weight is 338 g/mol. The molecule has 0 bridgehead atoms. The van der Waals surface area contributed by atoms with Gasteiger partial charge in [0, 0.05) is 6.20 Å². The molecule has 0 unspecified atom stereocenters. The van der Waals surface area contributed by atoms with E-state index in [1.54, 1.807) is 6.07 Å². The molecule has 1 atom stereocenters. The SMILES string of the molecule is COC(=O)c1ccc(C(=O)N[C@H](c2ccccc2)C(F)(F)F)nc1. The Morgan fingerprint density at radius 3 is 2.29 bits per heavy atom. The zero-order valence-electron chi connectivity index (χ0n) is 12.5. The van der Waals surface area contributed by atoms with E-state index in [-0.39, 0.29) is 16.8 Å². The minimum Gasteiger partial charge on any atom is -0.465 e. The largest absolute Gasteiger partial charge is 0.465 e. The second kappa shape index (κ2) is 7.12. The quantitative estimate of drug-likeness (QED) is 0.871. The Morgan fingerprint density at radius 2 is 1.79 bits per heavy atom. The van der Waals surface area contributed by atoms with E-state index in [4.69, 9.17) is 0 Å². The highest BCUT2D eigenvalue weighted by Crippen LogP contribution is 2.32. The lowest BCUT2D eigenvalue weighted by Gasteiger charge is -2.21. The summed E-state index contributed by atoms with van der Waals surface area (Å²) in [6.45, 7) is 0. The third-order valence-electron chi connectivity index (χ3n) is 3.15. The molecule has 0 aliphatic heterocycles. The first-order valence-corrected chi connectivity index (χ1v) is 6.80. The van der Waals surface area contributed by atoms with Crippen molar-refractivity contribution in [2.24, 2.45) is 0 Å². The van der Waals surface area contributed by atoms with E-state index >= 15 is 0 Å². The van der Waals surface area contributed by atoms with E-state index in [9.17, 15) is 22.8 Å². The second-order valence-electron chi connectivity index (χ2n) is 4.78. The number of amides is 1. The highest BCUT2D eigenvalue weighted by atomic mass is 19.4. The van der Waals surface area contributed by atoms with Crippen LogP contribution in [-0.2, 0) is 4.74 Å². The average Bonchev–Trinajstić information content (AvgIpc) is 2.58. The Kier molecular flexibility index (Phi) is 5.18. The summed E-state index contributed by atoms with van der Waals surface area (Å²) in [5, 5.41) is 1.91. The molecular formula is C16H13F3N2O3. The number of alkyl halides is 3. The summed E-state index contributed by atoms with van der Waals surface area (Å²) in [5.41, 5.74) is -0.248. The number of carbonyl (C=O) groups is 2. The Balaban J connectivity index is 2.21. The molecule has 0 saturated carbocycles. The van der Waals surface area contributed by atoms with Gasteiger partial charge >= 0.3 is 12.1 Å². The van der Waals surface area contributed by atoms with Gasteiger partial charge in [-0.05, 0) is 17.7 Å². The maximum atomic E-state index is 13.2. The van der Waals surface area contributed by atoms with Crippen molar-refractivity contribution < 1.29 is 27.5 Å². The van der Waals surface area contributed by atoms with Crippen LogP contribution < -0.4 is 5.32 Å². The normalized spacial score (nSPS) is 12.3. The van der Waals surface area contributed by atoms with Gasteiger partial charge in [-0.3, -0.25) is 9.78 Å². The number of methoxy groups -OCH3 is 1. The Hall–Kier alpha value is -2.90. The van der Waals surface area contributed by atoms with Gasteiger partial charge in [0.1, 0.15) is 5.69 Å². The molecule has 8 heteroatoms. The molecular weight excluding hydrogens is 325 g/mol. The topological polar surface area (TPSA) is 68.3 Å². The molecule has 2 rings (SSSR count). The molecule has 2 aromatic rings. The molecule has 1 amide bonds.